The second-order valence-corrected chi connectivity index (χ2v) is 10.4. The van der Waals surface area contributed by atoms with Gasteiger partial charge in [-0.25, -0.2) is 18.1 Å². The van der Waals surface area contributed by atoms with Gasteiger partial charge in [0.15, 0.2) is 0 Å². The fraction of sp³-hybridized carbons (Fsp3) is 0.591. The van der Waals surface area contributed by atoms with Crippen molar-refractivity contribution in [2.24, 2.45) is 5.92 Å². The molecule has 4 rings (SSSR count). The summed E-state index contributed by atoms with van der Waals surface area (Å²) in [4.78, 5) is 6.68. The van der Waals surface area contributed by atoms with Crippen LogP contribution in [0.4, 0.5) is 5.82 Å². The number of nitrogens with one attached hydrogen (secondary N) is 1. The maximum Gasteiger partial charge on any atom is 0.208 e. The quantitative estimate of drug-likeness (QED) is 0.699. The van der Waals surface area contributed by atoms with Crippen LogP contribution in [-0.2, 0) is 14.8 Å². The summed E-state index contributed by atoms with van der Waals surface area (Å²) < 4.78 is 32.9. The molecule has 1 saturated heterocycles. The molecule has 1 aliphatic heterocycles. The lowest BCUT2D eigenvalue weighted by Gasteiger charge is -2.40. The van der Waals surface area contributed by atoms with Crippen LogP contribution in [0.5, 0.6) is 0 Å². The van der Waals surface area contributed by atoms with Crippen LogP contribution in [0.3, 0.4) is 0 Å². The third kappa shape index (κ3) is 6.21. The number of hydrogen-bond donors (Lipinski definition) is 1. The van der Waals surface area contributed by atoms with Gasteiger partial charge in [-0.1, -0.05) is 6.07 Å². The van der Waals surface area contributed by atoms with Gasteiger partial charge in [-0.05, 0) is 56.4 Å². The molecule has 0 amide bonds. The van der Waals surface area contributed by atoms with E-state index in [1.54, 1.807) is 12.4 Å². The van der Waals surface area contributed by atoms with E-state index in [0.29, 0.717) is 12.5 Å². The predicted octanol–water partition coefficient (Wildman–Crippen LogP) is 2.36. The molecule has 2 aromatic rings. The minimum atomic E-state index is -3.27. The monoisotopic (exact) mass is 445 g/mol. The van der Waals surface area contributed by atoms with E-state index in [1.807, 2.05) is 24.3 Å². The first kappa shape index (κ1) is 22.1. The zero-order valence-electron chi connectivity index (χ0n) is 17.9. The highest BCUT2D eigenvalue weighted by Crippen LogP contribution is 2.33. The maximum absolute atomic E-state index is 11.9. The van der Waals surface area contributed by atoms with Gasteiger partial charge in [0.2, 0.25) is 10.0 Å². The minimum absolute atomic E-state index is 0.0724. The Morgan fingerprint density at radius 3 is 2.61 bits per heavy atom. The molecule has 2 aliphatic rings. The van der Waals surface area contributed by atoms with Crippen molar-refractivity contribution in [1.29, 1.82) is 0 Å². The van der Waals surface area contributed by atoms with Crippen LogP contribution in [0.25, 0.3) is 0 Å². The van der Waals surface area contributed by atoms with E-state index in [4.69, 9.17) is 4.74 Å². The summed E-state index contributed by atoms with van der Waals surface area (Å²) in [5.74, 6) is 1.44. The molecule has 0 aromatic carbocycles. The molecule has 0 bridgehead atoms. The molecule has 1 aliphatic carbocycles. The lowest BCUT2D eigenvalue weighted by Crippen LogP contribution is -2.52. The highest BCUT2D eigenvalue weighted by Gasteiger charge is 2.33. The molecule has 3 heterocycles. The van der Waals surface area contributed by atoms with Gasteiger partial charge >= 0.3 is 0 Å². The molecule has 8 nitrogen and oxygen atoms in total. The van der Waals surface area contributed by atoms with E-state index in [-0.39, 0.29) is 18.1 Å². The Morgan fingerprint density at radius 2 is 1.94 bits per heavy atom. The highest BCUT2D eigenvalue weighted by atomic mass is 32.2. The smallest absolute Gasteiger partial charge is 0.208 e. The van der Waals surface area contributed by atoms with Crippen molar-refractivity contribution in [1.82, 2.24) is 19.9 Å². The molecule has 0 radical (unpaired) electrons. The van der Waals surface area contributed by atoms with Gasteiger partial charge in [-0.15, -0.1) is 0 Å². The number of piperidine rings is 1. The van der Waals surface area contributed by atoms with Crippen LogP contribution in [0.15, 0.2) is 42.7 Å². The van der Waals surface area contributed by atoms with E-state index in [1.165, 1.54) is 6.26 Å². The van der Waals surface area contributed by atoms with E-state index in [0.717, 1.165) is 56.7 Å². The van der Waals surface area contributed by atoms with Crippen molar-refractivity contribution in [2.75, 3.05) is 30.9 Å². The third-order valence-corrected chi connectivity index (χ3v) is 7.03. The van der Waals surface area contributed by atoms with Gasteiger partial charge in [-0.3, -0.25) is 0 Å². The van der Waals surface area contributed by atoms with Crippen molar-refractivity contribution in [2.45, 2.75) is 50.2 Å². The summed E-state index contributed by atoms with van der Waals surface area (Å²) in [5.41, 5.74) is 1.07. The molecule has 0 unspecified atom stereocenters. The molecule has 9 heteroatoms. The summed E-state index contributed by atoms with van der Waals surface area (Å²) in [6, 6.07) is 9.75. The number of hydrogen-bond acceptors (Lipinski definition) is 7. The van der Waals surface area contributed by atoms with Crippen molar-refractivity contribution < 1.29 is 13.2 Å². The topological polar surface area (TPSA) is 97.3 Å². The first-order valence-electron chi connectivity index (χ1n) is 11.0. The predicted molar refractivity (Wildman–Crippen MR) is 119 cm³/mol. The minimum Gasteiger partial charge on any atom is -0.378 e. The standard InChI is InChI=1S/C22H31N5O3S/c1-31(28,29)26-21-11-14-27(22-6-2-3-12-23-22)15-18(21)16-30-19-9-7-17(8-10-19)20-5-4-13-24-25-20/h2-6,12-13,17-19,21,26H,7-11,14-16H2,1H3/t17?,18-,19?,21-/m0/s1. The molecule has 2 aromatic heterocycles. The van der Waals surface area contributed by atoms with Gasteiger partial charge in [0.1, 0.15) is 5.82 Å². The van der Waals surface area contributed by atoms with Crippen molar-refractivity contribution >= 4 is 15.8 Å². The van der Waals surface area contributed by atoms with Crippen molar-refractivity contribution in [3.8, 4) is 0 Å². The number of rotatable bonds is 7. The Hall–Kier alpha value is -2.10. The average molecular weight is 446 g/mol. The van der Waals surface area contributed by atoms with Crippen LogP contribution in [-0.4, -0.2) is 61.7 Å². The number of pyridine rings is 1. The summed E-state index contributed by atoms with van der Waals surface area (Å²) in [7, 11) is -3.27. The Bertz CT molecular complexity index is 921. The van der Waals surface area contributed by atoms with Gasteiger partial charge in [0.05, 0.1) is 24.7 Å². The Labute approximate surface area is 184 Å². The molecule has 168 valence electrons. The zero-order chi connectivity index (χ0) is 21.7. The number of sulfonamides is 1. The van der Waals surface area contributed by atoms with E-state index >= 15 is 0 Å². The fourth-order valence-corrected chi connectivity index (χ4v) is 5.56. The number of aromatic nitrogens is 3. The maximum atomic E-state index is 11.9. The van der Waals surface area contributed by atoms with Crippen LogP contribution in [0.1, 0.15) is 43.7 Å². The molecular weight excluding hydrogens is 414 g/mol. The molecule has 31 heavy (non-hydrogen) atoms. The van der Waals surface area contributed by atoms with Gasteiger partial charge in [0, 0.05) is 43.4 Å². The first-order chi connectivity index (χ1) is 15.0. The van der Waals surface area contributed by atoms with Gasteiger partial charge in [0.25, 0.3) is 0 Å². The SMILES string of the molecule is CS(=O)(=O)N[C@H]1CCN(c2ccccn2)C[C@H]1COC1CCC(c2cccnn2)CC1. The van der Waals surface area contributed by atoms with Crippen LogP contribution in [0, 0.1) is 5.92 Å². The Morgan fingerprint density at radius 1 is 1.10 bits per heavy atom. The summed E-state index contributed by atoms with van der Waals surface area (Å²) in [6.45, 7) is 2.03. The van der Waals surface area contributed by atoms with E-state index in [9.17, 15) is 8.42 Å². The number of nitrogens with zero attached hydrogens (tertiary/aromatic N) is 4. The molecule has 0 spiro atoms. The Balaban J connectivity index is 1.34. The second kappa shape index (κ2) is 10.0. The normalized spacial score (nSPS) is 27.2. The molecule has 2 fully saturated rings. The largest absolute Gasteiger partial charge is 0.378 e. The molecule has 2 atom stereocenters. The number of anilines is 1. The third-order valence-electron chi connectivity index (χ3n) is 6.30. The van der Waals surface area contributed by atoms with Crippen molar-refractivity contribution in [3.63, 3.8) is 0 Å². The van der Waals surface area contributed by atoms with Gasteiger partial charge < -0.3 is 9.64 Å². The molecular formula is C22H31N5O3S. The summed E-state index contributed by atoms with van der Waals surface area (Å²) >= 11 is 0. The van der Waals surface area contributed by atoms with Gasteiger partial charge in [-0.2, -0.15) is 10.2 Å². The van der Waals surface area contributed by atoms with Crippen LogP contribution < -0.4 is 9.62 Å². The summed E-state index contributed by atoms with van der Waals surface area (Å²) in [6.07, 6.45) is 9.72. The molecule has 1 saturated carbocycles. The first-order valence-corrected chi connectivity index (χ1v) is 12.9. The number of ether oxygens (including phenoxy) is 1. The molecule has 1 N–H and O–H groups in total. The van der Waals surface area contributed by atoms with Crippen LogP contribution in [0.2, 0.25) is 0 Å². The highest BCUT2D eigenvalue weighted by molar-refractivity contribution is 7.88. The van der Waals surface area contributed by atoms with Crippen molar-refractivity contribution in [3.05, 3.63) is 48.4 Å². The lowest BCUT2D eigenvalue weighted by molar-refractivity contribution is -0.00236. The summed E-state index contributed by atoms with van der Waals surface area (Å²) in [5, 5.41) is 8.26. The lowest BCUT2D eigenvalue weighted by atomic mass is 9.85. The van der Waals surface area contributed by atoms with Crippen LogP contribution >= 0.6 is 0 Å². The fourth-order valence-electron chi connectivity index (χ4n) is 4.70. The second-order valence-electron chi connectivity index (χ2n) is 8.63. The average Bonchev–Trinajstić information content (AvgIpc) is 2.79. The zero-order valence-corrected chi connectivity index (χ0v) is 18.7. The van der Waals surface area contributed by atoms with E-state index in [2.05, 4.69) is 30.9 Å². The van der Waals surface area contributed by atoms with E-state index < -0.39 is 10.0 Å². The Kier molecular flexibility index (Phi) is 7.14.